The molecular formula is C23H22FN3O5. The highest BCUT2D eigenvalue weighted by atomic mass is 19.1. The van der Waals surface area contributed by atoms with Gasteiger partial charge in [0.25, 0.3) is 11.8 Å². The topological polar surface area (TPSA) is 116 Å². The van der Waals surface area contributed by atoms with Gasteiger partial charge in [0.15, 0.2) is 0 Å². The van der Waals surface area contributed by atoms with Crippen LogP contribution in [0.5, 0.6) is 0 Å². The van der Waals surface area contributed by atoms with E-state index in [-0.39, 0.29) is 36.2 Å². The van der Waals surface area contributed by atoms with Gasteiger partial charge in [-0.3, -0.25) is 29.4 Å². The van der Waals surface area contributed by atoms with Gasteiger partial charge >= 0.3 is 0 Å². The summed E-state index contributed by atoms with van der Waals surface area (Å²) in [6.45, 7) is 1.90. The van der Waals surface area contributed by atoms with Crippen molar-refractivity contribution in [1.29, 1.82) is 0 Å². The van der Waals surface area contributed by atoms with Crippen molar-refractivity contribution in [2.75, 3.05) is 11.9 Å². The first-order valence-corrected chi connectivity index (χ1v) is 10.3. The smallest absolute Gasteiger partial charge is 0.264 e. The highest BCUT2D eigenvalue weighted by Crippen LogP contribution is 2.34. The van der Waals surface area contributed by atoms with Gasteiger partial charge in [0.05, 0.1) is 22.9 Å². The molecule has 1 fully saturated rings. The monoisotopic (exact) mass is 439 g/mol. The van der Waals surface area contributed by atoms with Crippen LogP contribution in [0.2, 0.25) is 0 Å². The minimum Gasteiger partial charge on any atom is -0.391 e. The number of hydrogen-bond acceptors (Lipinski definition) is 6. The number of anilines is 1. The van der Waals surface area contributed by atoms with Crippen LogP contribution in [0.15, 0.2) is 36.4 Å². The molecule has 8 nitrogen and oxygen atoms in total. The second-order valence-electron chi connectivity index (χ2n) is 8.02. The number of benzene rings is 2. The van der Waals surface area contributed by atoms with E-state index in [4.69, 9.17) is 0 Å². The number of piperidine rings is 1. The number of amides is 4. The predicted octanol–water partition coefficient (Wildman–Crippen LogP) is 1.55. The van der Waals surface area contributed by atoms with Gasteiger partial charge in [-0.15, -0.1) is 0 Å². The van der Waals surface area contributed by atoms with E-state index in [9.17, 15) is 28.7 Å². The van der Waals surface area contributed by atoms with Crippen LogP contribution in [-0.2, 0) is 16.0 Å². The first kappa shape index (κ1) is 21.6. The summed E-state index contributed by atoms with van der Waals surface area (Å²) in [4.78, 5) is 50.3. The van der Waals surface area contributed by atoms with E-state index in [1.165, 1.54) is 6.07 Å². The first-order chi connectivity index (χ1) is 15.3. The second kappa shape index (κ2) is 8.51. The van der Waals surface area contributed by atoms with Crippen LogP contribution in [-0.4, -0.2) is 52.3 Å². The van der Waals surface area contributed by atoms with Crippen molar-refractivity contribution >= 4 is 29.3 Å². The minimum absolute atomic E-state index is 0.00547. The first-order valence-electron chi connectivity index (χ1n) is 10.3. The number of hydrogen-bond donors (Lipinski definition) is 3. The van der Waals surface area contributed by atoms with Gasteiger partial charge in [-0.2, -0.15) is 0 Å². The Balaban J connectivity index is 1.53. The molecular weight excluding hydrogens is 417 g/mol. The van der Waals surface area contributed by atoms with Crippen molar-refractivity contribution in [3.63, 3.8) is 0 Å². The van der Waals surface area contributed by atoms with Crippen molar-refractivity contribution in [2.24, 2.45) is 0 Å². The summed E-state index contributed by atoms with van der Waals surface area (Å²) in [6.07, 6.45) is -0.545. The summed E-state index contributed by atoms with van der Waals surface area (Å²) in [7, 11) is 0. The summed E-state index contributed by atoms with van der Waals surface area (Å²) < 4.78 is 14.6. The van der Waals surface area contributed by atoms with E-state index in [2.05, 4.69) is 10.6 Å². The Kier molecular flexibility index (Phi) is 5.75. The lowest BCUT2D eigenvalue weighted by Crippen LogP contribution is -2.54. The van der Waals surface area contributed by atoms with E-state index in [0.29, 0.717) is 6.42 Å². The highest BCUT2D eigenvalue weighted by Gasteiger charge is 2.46. The Hall–Kier alpha value is -3.59. The number of carbonyl (C=O) groups is 4. The molecule has 0 aromatic heterocycles. The Labute approximate surface area is 183 Å². The normalized spacial score (nSPS) is 19.1. The molecule has 2 heterocycles. The molecule has 0 bridgehead atoms. The summed E-state index contributed by atoms with van der Waals surface area (Å²) in [5.41, 5.74) is 1.59. The molecule has 166 valence electrons. The molecule has 2 atom stereocenters. The number of nitrogens with zero attached hydrogens (tertiary/aromatic N) is 1. The molecule has 4 amide bonds. The van der Waals surface area contributed by atoms with Gasteiger partial charge < -0.3 is 10.4 Å². The standard InChI is InChI=1S/C23H22FN3O5/c1-12-2-4-13(5-3-12)10-14(28)11-25-20-16(24)7-6-15-19(20)23(32)27(22(15)31)17-8-9-18(29)26-21(17)30/h2-7,14,17,25,28H,8-11H2,1H3,(H,26,29,30). The van der Waals surface area contributed by atoms with E-state index >= 15 is 0 Å². The van der Waals surface area contributed by atoms with Gasteiger partial charge in [-0.1, -0.05) is 29.8 Å². The number of fused-ring (bicyclic) bond motifs is 1. The van der Waals surface area contributed by atoms with Crippen molar-refractivity contribution in [3.8, 4) is 0 Å². The third-order valence-electron chi connectivity index (χ3n) is 5.66. The second-order valence-corrected chi connectivity index (χ2v) is 8.02. The largest absolute Gasteiger partial charge is 0.391 e. The van der Waals surface area contributed by atoms with Crippen LogP contribution in [0.4, 0.5) is 10.1 Å². The van der Waals surface area contributed by atoms with Crippen LogP contribution in [0.3, 0.4) is 0 Å². The molecule has 2 aliphatic heterocycles. The van der Waals surface area contributed by atoms with Crippen LogP contribution in [0, 0.1) is 12.7 Å². The summed E-state index contributed by atoms with van der Waals surface area (Å²) >= 11 is 0. The summed E-state index contributed by atoms with van der Waals surface area (Å²) in [5, 5.41) is 15.3. The van der Waals surface area contributed by atoms with E-state index in [1.807, 2.05) is 31.2 Å². The zero-order valence-corrected chi connectivity index (χ0v) is 17.4. The molecule has 3 N–H and O–H groups in total. The van der Waals surface area contributed by atoms with E-state index in [1.54, 1.807) is 0 Å². The van der Waals surface area contributed by atoms with Crippen LogP contribution in [0.25, 0.3) is 0 Å². The minimum atomic E-state index is -1.14. The van der Waals surface area contributed by atoms with Crippen LogP contribution >= 0.6 is 0 Å². The van der Waals surface area contributed by atoms with Crippen molar-refractivity contribution in [2.45, 2.75) is 38.3 Å². The molecule has 2 unspecified atom stereocenters. The third kappa shape index (κ3) is 3.99. The Morgan fingerprint density at radius 2 is 1.84 bits per heavy atom. The Morgan fingerprint density at radius 1 is 1.12 bits per heavy atom. The molecule has 4 rings (SSSR count). The van der Waals surface area contributed by atoms with Gasteiger partial charge in [0.2, 0.25) is 11.8 Å². The van der Waals surface area contributed by atoms with Crippen molar-refractivity contribution in [1.82, 2.24) is 10.2 Å². The van der Waals surface area contributed by atoms with Crippen molar-refractivity contribution in [3.05, 3.63) is 64.5 Å². The molecule has 2 aromatic rings. The molecule has 1 saturated heterocycles. The number of rotatable bonds is 6. The van der Waals surface area contributed by atoms with Crippen molar-refractivity contribution < 1.29 is 28.7 Å². The molecule has 0 radical (unpaired) electrons. The van der Waals surface area contributed by atoms with Crippen LogP contribution in [0.1, 0.15) is 44.7 Å². The Morgan fingerprint density at radius 3 is 2.53 bits per heavy atom. The molecule has 2 aliphatic rings. The van der Waals surface area contributed by atoms with Gasteiger partial charge in [0, 0.05) is 19.4 Å². The number of nitrogens with one attached hydrogen (secondary N) is 2. The van der Waals surface area contributed by atoms with Gasteiger partial charge in [0.1, 0.15) is 11.9 Å². The predicted molar refractivity (Wildman–Crippen MR) is 112 cm³/mol. The summed E-state index contributed by atoms with van der Waals surface area (Å²) in [5.74, 6) is -3.49. The van der Waals surface area contributed by atoms with E-state index in [0.717, 1.165) is 22.1 Å². The van der Waals surface area contributed by atoms with Crippen LogP contribution < -0.4 is 10.6 Å². The maximum atomic E-state index is 14.6. The number of imide groups is 2. The SMILES string of the molecule is Cc1ccc(CC(O)CNc2c(F)ccc3c2C(=O)N(C2CCC(=O)NC2=O)C3=O)cc1. The zero-order chi connectivity index (χ0) is 23.0. The number of aliphatic hydroxyl groups is 1. The maximum Gasteiger partial charge on any atom is 0.264 e. The van der Waals surface area contributed by atoms with Gasteiger partial charge in [-0.25, -0.2) is 4.39 Å². The average molecular weight is 439 g/mol. The highest BCUT2D eigenvalue weighted by molar-refractivity contribution is 6.25. The number of aliphatic hydroxyl groups excluding tert-OH is 1. The maximum absolute atomic E-state index is 14.6. The number of aryl methyl sites for hydroxylation is 1. The Bertz CT molecular complexity index is 1120. The lowest BCUT2D eigenvalue weighted by Gasteiger charge is -2.27. The fourth-order valence-corrected chi connectivity index (χ4v) is 3.99. The molecule has 0 aliphatic carbocycles. The molecule has 9 heteroatoms. The molecule has 0 spiro atoms. The quantitative estimate of drug-likeness (QED) is 0.589. The van der Waals surface area contributed by atoms with Gasteiger partial charge in [-0.05, 0) is 31.0 Å². The number of carbonyl (C=O) groups excluding carboxylic acids is 4. The zero-order valence-electron chi connectivity index (χ0n) is 17.4. The lowest BCUT2D eigenvalue weighted by atomic mass is 10.0. The lowest BCUT2D eigenvalue weighted by molar-refractivity contribution is -0.136. The van der Waals surface area contributed by atoms with E-state index < -0.39 is 41.6 Å². The average Bonchev–Trinajstić information content (AvgIpc) is 2.99. The fraction of sp³-hybridized carbons (Fsp3) is 0.304. The number of halogens is 1. The molecule has 32 heavy (non-hydrogen) atoms. The fourth-order valence-electron chi connectivity index (χ4n) is 3.99. The molecule has 2 aromatic carbocycles. The summed E-state index contributed by atoms with van der Waals surface area (Å²) in [6, 6.07) is 8.75. The third-order valence-corrected chi connectivity index (χ3v) is 5.66. The molecule has 0 saturated carbocycles.